The van der Waals surface area contributed by atoms with Gasteiger partial charge in [0, 0.05) is 19.1 Å². The third-order valence-electron chi connectivity index (χ3n) is 4.71. The van der Waals surface area contributed by atoms with E-state index < -0.39 is 5.60 Å². The minimum Gasteiger partial charge on any atom is -0.463 e. The van der Waals surface area contributed by atoms with Crippen LogP contribution < -0.4 is 10.6 Å². The Labute approximate surface area is 191 Å². The lowest BCUT2D eigenvalue weighted by Gasteiger charge is -2.26. The van der Waals surface area contributed by atoms with E-state index in [-0.39, 0.29) is 30.5 Å². The Balaban J connectivity index is 0.00000420. The Morgan fingerprint density at radius 2 is 1.86 bits per heavy atom. The molecule has 0 saturated heterocycles. The molecule has 0 radical (unpaired) electrons. The molecule has 0 aliphatic heterocycles. The van der Waals surface area contributed by atoms with Gasteiger partial charge >= 0.3 is 0 Å². The highest BCUT2D eigenvalue weighted by Gasteiger charge is 2.26. The molecular weight excluding hydrogens is 479 g/mol. The molecule has 0 spiro atoms. The highest BCUT2D eigenvalue weighted by Crippen LogP contribution is 2.23. The van der Waals surface area contributed by atoms with E-state index in [1.54, 1.807) is 13.0 Å². The summed E-state index contributed by atoms with van der Waals surface area (Å²) in [4.78, 5) is 6.79. The zero-order chi connectivity index (χ0) is 20.6. The number of rotatable bonds is 9. The van der Waals surface area contributed by atoms with Crippen LogP contribution >= 0.6 is 24.0 Å². The highest BCUT2D eigenvalue weighted by atomic mass is 127. The van der Waals surface area contributed by atoms with Crippen LogP contribution in [-0.2, 0) is 12.0 Å². The first-order valence-electron chi connectivity index (χ1n) is 9.83. The molecule has 3 N–H and O–H groups in total. The summed E-state index contributed by atoms with van der Waals surface area (Å²) in [5.74, 6) is 1.99. The zero-order valence-corrected chi connectivity index (χ0v) is 20.4. The third kappa shape index (κ3) is 8.36. The molecular formula is C22H35IN4O2. The van der Waals surface area contributed by atoms with Crippen LogP contribution in [0.1, 0.15) is 30.9 Å². The van der Waals surface area contributed by atoms with Crippen molar-refractivity contribution in [2.24, 2.45) is 4.99 Å². The van der Waals surface area contributed by atoms with Crippen molar-refractivity contribution >= 4 is 29.9 Å². The monoisotopic (exact) mass is 514 g/mol. The van der Waals surface area contributed by atoms with Crippen molar-refractivity contribution in [3.05, 3.63) is 59.5 Å². The second-order valence-electron chi connectivity index (χ2n) is 7.57. The SMILES string of the molecule is CCNC(=NCC(C)(O)c1ccc(C)o1)NCC(Cc1ccccc1)N(C)C.I. The Morgan fingerprint density at radius 3 is 2.41 bits per heavy atom. The summed E-state index contributed by atoms with van der Waals surface area (Å²) >= 11 is 0. The number of guanidine groups is 1. The van der Waals surface area contributed by atoms with E-state index in [2.05, 4.69) is 58.9 Å². The molecule has 0 fully saturated rings. The van der Waals surface area contributed by atoms with Crippen molar-refractivity contribution < 1.29 is 9.52 Å². The van der Waals surface area contributed by atoms with E-state index in [1.165, 1.54) is 5.56 Å². The van der Waals surface area contributed by atoms with Crippen molar-refractivity contribution in [3.63, 3.8) is 0 Å². The molecule has 0 bridgehead atoms. The molecule has 0 aliphatic carbocycles. The molecule has 2 unspecified atom stereocenters. The van der Waals surface area contributed by atoms with E-state index >= 15 is 0 Å². The van der Waals surface area contributed by atoms with Crippen LogP contribution in [0.3, 0.4) is 0 Å². The minimum atomic E-state index is -1.15. The van der Waals surface area contributed by atoms with Crippen molar-refractivity contribution in [1.29, 1.82) is 0 Å². The quantitative estimate of drug-likeness (QED) is 0.273. The average molecular weight is 514 g/mol. The van der Waals surface area contributed by atoms with Gasteiger partial charge < -0.3 is 25.1 Å². The lowest BCUT2D eigenvalue weighted by atomic mass is 10.0. The maximum Gasteiger partial charge on any atom is 0.191 e. The number of nitrogens with zero attached hydrogens (tertiary/aromatic N) is 2. The van der Waals surface area contributed by atoms with Crippen molar-refractivity contribution in [2.75, 3.05) is 33.7 Å². The smallest absolute Gasteiger partial charge is 0.191 e. The van der Waals surface area contributed by atoms with Crippen LogP contribution in [0.15, 0.2) is 51.9 Å². The van der Waals surface area contributed by atoms with Crippen molar-refractivity contribution in [3.8, 4) is 0 Å². The fourth-order valence-electron chi connectivity index (χ4n) is 2.91. The van der Waals surface area contributed by atoms with Gasteiger partial charge in [-0.1, -0.05) is 30.3 Å². The topological polar surface area (TPSA) is 73.0 Å². The lowest BCUT2D eigenvalue weighted by Crippen LogP contribution is -2.46. The first-order valence-corrected chi connectivity index (χ1v) is 9.83. The second kappa shape index (κ2) is 12.2. The third-order valence-corrected chi connectivity index (χ3v) is 4.71. The van der Waals surface area contributed by atoms with Gasteiger partial charge in [-0.3, -0.25) is 0 Å². The number of aliphatic hydroxyl groups is 1. The standard InChI is InChI=1S/C22H34N4O2.HI/c1-6-23-21(25-16-22(3,27)20-13-12-17(2)28-20)24-15-19(26(4)5)14-18-10-8-7-9-11-18;/h7-13,19,27H,6,14-16H2,1-5H3,(H2,23,24,25);1H. The van der Waals surface area contributed by atoms with E-state index in [9.17, 15) is 5.11 Å². The predicted molar refractivity (Wildman–Crippen MR) is 130 cm³/mol. The van der Waals surface area contributed by atoms with E-state index in [1.807, 2.05) is 26.0 Å². The molecule has 0 saturated carbocycles. The zero-order valence-electron chi connectivity index (χ0n) is 18.1. The lowest BCUT2D eigenvalue weighted by molar-refractivity contribution is 0.0428. The first-order chi connectivity index (χ1) is 13.3. The molecule has 2 aromatic rings. The second-order valence-corrected chi connectivity index (χ2v) is 7.57. The van der Waals surface area contributed by atoms with Gasteiger partial charge in [0.2, 0.25) is 0 Å². The Kier molecular flexibility index (Phi) is 10.7. The Morgan fingerprint density at radius 1 is 1.17 bits per heavy atom. The fraction of sp³-hybridized carbons (Fsp3) is 0.500. The molecule has 29 heavy (non-hydrogen) atoms. The summed E-state index contributed by atoms with van der Waals surface area (Å²) in [6.07, 6.45) is 0.948. The number of aliphatic imine (C=N–C) groups is 1. The van der Waals surface area contributed by atoms with Crippen LogP contribution in [0, 0.1) is 6.92 Å². The molecule has 2 rings (SSSR count). The van der Waals surface area contributed by atoms with Gasteiger partial charge in [-0.25, -0.2) is 4.99 Å². The number of nitrogens with one attached hydrogen (secondary N) is 2. The highest BCUT2D eigenvalue weighted by molar-refractivity contribution is 14.0. The van der Waals surface area contributed by atoms with Gasteiger partial charge in [-0.2, -0.15) is 0 Å². The van der Waals surface area contributed by atoms with Crippen LogP contribution in [0.5, 0.6) is 0 Å². The largest absolute Gasteiger partial charge is 0.463 e. The van der Waals surface area contributed by atoms with Crippen molar-refractivity contribution in [2.45, 2.75) is 38.8 Å². The number of hydrogen-bond donors (Lipinski definition) is 3. The van der Waals surface area contributed by atoms with Gasteiger partial charge in [0.1, 0.15) is 17.1 Å². The van der Waals surface area contributed by atoms with E-state index in [0.29, 0.717) is 17.8 Å². The van der Waals surface area contributed by atoms with Crippen molar-refractivity contribution in [1.82, 2.24) is 15.5 Å². The molecule has 2 atom stereocenters. The number of likely N-dealkylation sites (N-methyl/N-ethyl adjacent to an activating group) is 1. The summed E-state index contributed by atoms with van der Waals surface area (Å²) in [6.45, 7) is 7.31. The van der Waals surface area contributed by atoms with Crippen LogP contribution in [0.4, 0.5) is 0 Å². The Hall–Kier alpha value is -1.58. The number of halogens is 1. The summed E-state index contributed by atoms with van der Waals surface area (Å²) < 4.78 is 5.57. The molecule has 0 amide bonds. The van der Waals surface area contributed by atoms with E-state index in [0.717, 1.165) is 25.3 Å². The number of aryl methyl sites for hydroxylation is 1. The molecule has 0 aliphatic rings. The predicted octanol–water partition coefficient (Wildman–Crippen LogP) is 3.14. The number of furan rings is 1. The van der Waals surface area contributed by atoms with Gasteiger partial charge in [0.15, 0.2) is 5.96 Å². The fourth-order valence-corrected chi connectivity index (χ4v) is 2.91. The molecule has 1 aromatic heterocycles. The van der Waals surface area contributed by atoms with Crippen LogP contribution in [-0.4, -0.2) is 55.7 Å². The normalized spacial score (nSPS) is 14.8. The molecule has 6 nitrogen and oxygen atoms in total. The van der Waals surface area contributed by atoms with Gasteiger partial charge in [-0.15, -0.1) is 24.0 Å². The van der Waals surface area contributed by atoms with Gasteiger partial charge in [-0.05, 0) is 59.0 Å². The summed E-state index contributed by atoms with van der Waals surface area (Å²) in [6, 6.07) is 14.4. The number of hydrogen-bond acceptors (Lipinski definition) is 4. The van der Waals surface area contributed by atoms with Crippen LogP contribution in [0.2, 0.25) is 0 Å². The maximum atomic E-state index is 10.7. The summed E-state index contributed by atoms with van der Waals surface area (Å²) in [5.41, 5.74) is 0.155. The molecule has 1 aromatic carbocycles. The average Bonchev–Trinajstić information content (AvgIpc) is 3.11. The van der Waals surface area contributed by atoms with E-state index in [4.69, 9.17) is 4.42 Å². The maximum absolute atomic E-state index is 10.7. The first kappa shape index (κ1) is 25.5. The summed E-state index contributed by atoms with van der Waals surface area (Å²) in [7, 11) is 4.17. The molecule has 7 heteroatoms. The van der Waals surface area contributed by atoms with Gasteiger partial charge in [0.05, 0.1) is 6.54 Å². The molecule has 162 valence electrons. The number of benzene rings is 1. The summed E-state index contributed by atoms with van der Waals surface area (Å²) in [5, 5.41) is 17.4. The molecule has 1 heterocycles. The minimum absolute atomic E-state index is 0. The Bertz CT molecular complexity index is 744. The van der Waals surface area contributed by atoms with Gasteiger partial charge in [0.25, 0.3) is 0 Å². The van der Waals surface area contributed by atoms with Crippen LogP contribution in [0.25, 0.3) is 0 Å².